The first-order chi connectivity index (χ1) is 15.2. The van der Waals surface area contributed by atoms with Crippen molar-refractivity contribution in [1.82, 2.24) is 9.80 Å². The molecular formula is C26H29BrN2O2. The molecule has 1 aliphatic heterocycles. The first-order valence-electron chi connectivity index (χ1n) is 10.7. The van der Waals surface area contributed by atoms with Crippen LogP contribution in [-0.4, -0.2) is 43.1 Å². The lowest BCUT2D eigenvalue weighted by Crippen LogP contribution is -2.45. The van der Waals surface area contributed by atoms with Crippen molar-refractivity contribution in [3.63, 3.8) is 0 Å². The van der Waals surface area contributed by atoms with Crippen molar-refractivity contribution >= 4 is 15.9 Å². The summed E-state index contributed by atoms with van der Waals surface area (Å²) in [6, 6.07) is 25.1. The molecule has 4 nitrogen and oxygen atoms in total. The van der Waals surface area contributed by atoms with E-state index in [2.05, 4.69) is 74.3 Å². The van der Waals surface area contributed by atoms with Gasteiger partial charge in [0.2, 0.25) is 0 Å². The van der Waals surface area contributed by atoms with E-state index in [-0.39, 0.29) is 0 Å². The van der Waals surface area contributed by atoms with Crippen LogP contribution in [0, 0.1) is 0 Å². The molecular weight excluding hydrogens is 452 g/mol. The van der Waals surface area contributed by atoms with Crippen molar-refractivity contribution in [2.75, 3.05) is 33.3 Å². The fraction of sp³-hybridized carbons (Fsp3) is 0.308. The lowest BCUT2D eigenvalue weighted by molar-refractivity contribution is 0.122. The zero-order chi connectivity index (χ0) is 21.5. The van der Waals surface area contributed by atoms with Crippen molar-refractivity contribution in [3.8, 4) is 11.5 Å². The highest BCUT2D eigenvalue weighted by Crippen LogP contribution is 2.29. The van der Waals surface area contributed by atoms with Gasteiger partial charge in [0.25, 0.3) is 0 Å². The van der Waals surface area contributed by atoms with Crippen LogP contribution in [-0.2, 0) is 19.7 Å². The Morgan fingerprint density at radius 2 is 1.32 bits per heavy atom. The van der Waals surface area contributed by atoms with E-state index >= 15 is 0 Å². The molecule has 0 radical (unpaired) electrons. The lowest BCUT2D eigenvalue weighted by atomic mass is 10.1. The zero-order valence-electron chi connectivity index (χ0n) is 18.0. The molecule has 0 saturated carbocycles. The number of ether oxygens (including phenoxy) is 2. The molecule has 0 bridgehead atoms. The van der Waals surface area contributed by atoms with Gasteiger partial charge in [-0.15, -0.1) is 0 Å². The number of piperazine rings is 1. The molecule has 1 aliphatic rings. The average molecular weight is 481 g/mol. The standard InChI is InChI=1S/C26H29BrN2O2/c1-30-25-12-9-23(17-26(25)31-20-22-5-3-2-4-6-22)19-29-15-13-28(14-16-29)18-21-7-10-24(27)11-8-21/h2-12,17H,13-16,18-20H2,1H3. The van der Waals surface area contributed by atoms with Gasteiger partial charge >= 0.3 is 0 Å². The quantitative estimate of drug-likeness (QED) is 0.433. The predicted molar refractivity (Wildman–Crippen MR) is 128 cm³/mol. The molecule has 1 fully saturated rings. The van der Waals surface area contributed by atoms with E-state index in [0.29, 0.717) is 6.61 Å². The van der Waals surface area contributed by atoms with Gasteiger partial charge in [0, 0.05) is 43.7 Å². The third-order valence-corrected chi connectivity index (χ3v) is 6.18. The van der Waals surface area contributed by atoms with Gasteiger partial charge in [-0.25, -0.2) is 0 Å². The van der Waals surface area contributed by atoms with Crippen LogP contribution in [0.3, 0.4) is 0 Å². The maximum absolute atomic E-state index is 6.08. The maximum Gasteiger partial charge on any atom is 0.161 e. The minimum atomic E-state index is 0.537. The van der Waals surface area contributed by atoms with E-state index in [0.717, 1.165) is 60.8 Å². The van der Waals surface area contributed by atoms with Gasteiger partial charge in [0.1, 0.15) is 6.61 Å². The first-order valence-corrected chi connectivity index (χ1v) is 11.5. The minimum Gasteiger partial charge on any atom is -0.493 e. The molecule has 5 heteroatoms. The van der Waals surface area contributed by atoms with Gasteiger partial charge in [-0.1, -0.05) is 64.5 Å². The molecule has 1 heterocycles. The van der Waals surface area contributed by atoms with Crippen LogP contribution in [0.5, 0.6) is 11.5 Å². The largest absolute Gasteiger partial charge is 0.493 e. The molecule has 0 N–H and O–H groups in total. The topological polar surface area (TPSA) is 24.9 Å². The SMILES string of the molecule is COc1ccc(CN2CCN(Cc3ccc(Br)cc3)CC2)cc1OCc1ccccc1. The molecule has 4 rings (SSSR count). The van der Waals surface area contributed by atoms with Gasteiger partial charge in [0.15, 0.2) is 11.5 Å². The van der Waals surface area contributed by atoms with E-state index in [1.807, 2.05) is 24.3 Å². The molecule has 3 aromatic carbocycles. The van der Waals surface area contributed by atoms with E-state index in [1.165, 1.54) is 11.1 Å². The number of halogens is 1. The number of rotatable bonds is 8. The third-order valence-electron chi connectivity index (χ3n) is 5.66. The highest BCUT2D eigenvalue weighted by atomic mass is 79.9. The summed E-state index contributed by atoms with van der Waals surface area (Å²) in [5, 5.41) is 0. The summed E-state index contributed by atoms with van der Waals surface area (Å²) in [5.74, 6) is 1.58. The van der Waals surface area contributed by atoms with Crippen LogP contribution in [0.1, 0.15) is 16.7 Å². The van der Waals surface area contributed by atoms with Crippen LogP contribution < -0.4 is 9.47 Å². The normalized spacial score (nSPS) is 15.0. The Labute approximate surface area is 193 Å². The Hall–Kier alpha value is -2.34. The zero-order valence-corrected chi connectivity index (χ0v) is 19.6. The number of methoxy groups -OCH3 is 1. The van der Waals surface area contributed by atoms with Crippen LogP contribution in [0.25, 0.3) is 0 Å². The second kappa shape index (κ2) is 10.8. The monoisotopic (exact) mass is 480 g/mol. The summed E-state index contributed by atoms with van der Waals surface area (Å²) >= 11 is 3.51. The molecule has 0 atom stereocenters. The van der Waals surface area contributed by atoms with Gasteiger partial charge < -0.3 is 9.47 Å². The van der Waals surface area contributed by atoms with Gasteiger partial charge in [-0.3, -0.25) is 9.80 Å². The minimum absolute atomic E-state index is 0.537. The number of hydrogen-bond acceptors (Lipinski definition) is 4. The van der Waals surface area contributed by atoms with Crippen LogP contribution >= 0.6 is 15.9 Å². The maximum atomic E-state index is 6.08. The summed E-state index contributed by atoms with van der Waals surface area (Å²) in [6.07, 6.45) is 0. The van der Waals surface area contributed by atoms with Crippen LogP contribution in [0.4, 0.5) is 0 Å². The summed E-state index contributed by atoms with van der Waals surface area (Å²) in [6.45, 7) is 6.80. The van der Waals surface area contributed by atoms with Crippen molar-refractivity contribution in [3.05, 3.63) is 94.0 Å². The van der Waals surface area contributed by atoms with Crippen molar-refractivity contribution in [2.24, 2.45) is 0 Å². The first kappa shape index (κ1) is 21.9. The Bertz CT molecular complexity index is 955. The number of benzene rings is 3. The van der Waals surface area contributed by atoms with E-state index in [4.69, 9.17) is 9.47 Å². The third kappa shape index (κ3) is 6.33. The Morgan fingerprint density at radius 1 is 0.710 bits per heavy atom. The molecule has 0 unspecified atom stereocenters. The van der Waals surface area contributed by atoms with Crippen molar-refractivity contribution in [2.45, 2.75) is 19.7 Å². The molecule has 31 heavy (non-hydrogen) atoms. The fourth-order valence-corrected chi connectivity index (χ4v) is 4.14. The molecule has 0 amide bonds. The van der Waals surface area contributed by atoms with E-state index in [1.54, 1.807) is 7.11 Å². The number of nitrogens with zero attached hydrogens (tertiary/aromatic N) is 2. The Morgan fingerprint density at radius 3 is 1.97 bits per heavy atom. The second-order valence-electron chi connectivity index (χ2n) is 7.94. The fourth-order valence-electron chi connectivity index (χ4n) is 3.88. The molecule has 0 aromatic heterocycles. The lowest BCUT2D eigenvalue weighted by Gasteiger charge is -2.34. The van der Waals surface area contributed by atoms with E-state index in [9.17, 15) is 0 Å². The molecule has 162 valence electrons. The molecule has 1 saturated heterocycles. The van der Waals surface area contributed by atoms with E-state index < -0.39 is 0 Å². The highest BCUT2D eigenvalue weighted by Gasteiger charge is 2.18. The van der Waals surface area contributed by atoms with Crippen molar-refractivity contribution < 1.29 is 9.47 Å². The Balaban J connectivity index is 1.31. The van der Waals surface area contributed by atoms with Gasteiger partial charge in [0.05, 0.1) is 7.11 Å². The Kier molecular flexibility index (Phi) is 7.62. The molecule has 0 aliphatic carbocycles. The summed E-state index contributed by atoms with van der Waals surface area (Å²) < 4.78 is 12.7. The average Bonchev–Trinajstić information content (AvgIpc) is 2.81. The highest BCUT2D eigenvalue weighted by molar-refractivity contribution is 9.10. The van der Waals surface area contributed by atoms with Gasteiger partial charge in [-0.2, -0.15) is 0 Å². The molecule has 0 spiro atoms. The molecule has 3 aromatic rings. The van der Waals surface area contributed by atoms with Gasteiger partial charge in [-0.05, 0) is 41.0 Å². The summed E-state index contributed by atoms with van der Waals surface area (Å²) in [4.78, 5) is 5.04. The predicted octanol–water partition coefficient (Wildman–Crippen LogP) is 5.35. The van der Waals surface area contributed by atoms with Crippen LogP contribution in [0.2, 0.25) is 0 Å². The second-order valence-corrected chi connectivity index (χ2v) is 8.85. The van der Waals surface area contributed by atoms with Crippen molar-refractivity contribution in [1.29, 1.82) is 0 Å². The summed E-state index contributed by atoms with van der Waals surface area (Å²) in [5.41, 5.74) is 3.77. The summed E-state index contributed by atoms with van der Waals surface area (Å²) in [7, 11) is 1.69. The van der Waals surface area contributed by atoms with Crippen LogP contribution in [0.15, 0.2) is 77.3 Å². The number of hydrogen-bond donors (Lipinski definition) is 0. The smallest absolute Gasteiger partial charge is 0.161 e.